The summed E-state index contributed by atoms with van der Waals surface area (Å²) in [5.74, 6) is 0. The van der Waals surface area contributed by atoms with Crippen LogP contribution in [0.2, 0.25) is 0 Å². The van der Waals surface area contributed by atoms with Crippen LogP contribution >= 0.6 is 11.8 Å². The summed E-state index contributed by atoms with van der Waals surface area (Å²) in [4.78, 5) is 3.73. The molecule has 7 nitrogen and oxygen atoms in total. The minimum Gasteiger partial charge on any atom is -0.271 e. The molecule has 0 amide bonds. The van der Waals surface area contributed by atoms with E-state index >= 15 is 0 Å². The van der Waals surface area contributed by atoms with Crippen molar-refractivity contribution in [3.63, 3.8) is 0 Å². The topological polar surface area (TPSA) is 116 Å². The number of nitrogens with one attached hydrogen (secondary N) is 1. The largest absolute Gasteiger partial charge is 0.271 e. The summed E-state index contributed by atoms with van der Waals surface area (Å²) < 4.78 is 46.5. The fourth-order valence-electron chi connectivity index (χ4n) is 1.34. The fraction of sp³-hybridized carbons (Fsp3) is 0.273. The lowest BCUT2D eigenvalue weighted by molar-refractivity contribution is 0.600. The van der Waals surface area contributed by atoms with Crippen LogP contribution in [0.25, 0.3) is 0 Å². The van der Waals surface area contributed by atoms with Crippen molar-refractivity contribution in [3.8, 4) is 6.19 Å². The maximum absolute atomic E-state index is 11.6. The Bertz CT molecular complexity index is 771. The second-order valence-electron chi connectivity index (χ2n) is 4.06. The molecule has 1 aromatic carbocycles. The molecule has 0 saturated carbocycles. The first-order valence-corrected chi connectivity index (χ1v) is 10.4. The second-order valence-corrected chi connectivity index (χ2v) is 8.89. The number of hydrogen-bond donors (Lipinski definition) is 1. The van der Waals surface area contributed by atoms with E-state index in [9.17, 15) is 16.8 Å². The predicted molar refractivity (Wildman–Crippen MR) is 82.0 cm³/mol. The number of nitrogens with zero attached hydrogens (tertiary/aromatic N) is 2. The first kappa shape index (κ1) is 17.5. The normalized spacial score (nSPS) is 12.8. The zero-order valence-corrected chi connectivity index (χ0v) is 13.9. The molecule has 0 aliphatic carbocycles. The van der Waals surface area contributed by atoms with Crippen LogP contribution in [0.3, 0.4) is 0 Å². The van der Waals surface area contributed by atoms with E-state index in [1.807, 2.05) is 0 Å². The van der Waals surface area contributed by atoms with E-state index < -0.39 is 19.7 Å². The Hall–Kier alpha value is -1.57. The van der Waals surface area contributed by atoms with E-state index in [0.717, 1.165) is 30.3 Å². The average molecular weight is 347 g/mol. The number of benzene rings is 1. The number of sulfone groups is 2. The Kier molecular flexibility index (Phi) is 5.38. The second kappa shape index (κ2) is 6.46. The number of thioether (sulfide) groups is 1. The molecular formula is C11H13N3O4S3. The standard InChI is InChI=1S/C11H13N3O4S3/c1-19-11(13-7-12)14-8-4-9(20(2,15)16)6-10(5-8)21(3,17)18/h4-6H,1-3H3,(H,13,14). The van der Waals surface area contributed by atoms with Crippen LogP contribution in [0.1, 0.15) is 0 Å². The van der Waals surface area contributed by atoms with Crippen LogP contribution < -0.4 is 5.32 Å². The van der Waals surface area contributed by atoms with Crippen molar-refractivity contribution in [1.29, 1.82) is 5.26 Å². The molecular weight excluding hydrogens is 334 g/mol. The molecule has 1 aromatic rings. The number of rotatable bonds is 3. The molecule has 0 aromatic heterocycles. The number of hydrogen-bond acceptors (Lipinski definition) is 7. The van der Waals surface area contributed by atoms with Gasteiger partial charge in [0, 0.05) is 12.5 Å². The van der Waals surface area contributed by atoms with Gasteiger partial charge in [-0.3, -0.25) is 5.32 Å². The first-order chi connectivity index (χ1) is 9.57. The molecule has 0 atom stereocenters. The van der Waals surface area contributed by atoms with Crippen LogP contribution in [0, 0.1) is 11.5 Å². The highest BCUT2D eigenvalue weighted by atomic mass is 32.2. The lowest BCUT2D eigenvalue weighted by Crippen LogP contribution is -2.12. The monoisotopic (exact) mass is 347 g/mol. The van der Waals surface area contributed by atoms with Gasteiger partial charge in [0.1, 0.15) is 0 Å². The Balaban J connectivity index is 3.58. The van der Waals surface area contributed by atoms with Crippen LogP contribution in [-0.4, -0.2) is 40.8 Å². The molecule has 0 unspecified atom stereocenters. The molecule has 0 spiro atoms. The third kappa shape index (κ3) is 5.04. The van der Waals surface area contributed by atoms with Crippen molar-refractivity contribution in [2.24, 2.45) is 4.99 Å². The van der Waals surface area contributed by atoms with Crippen molar-refractivity contribution < 1.29 is 16.8 Å². The van der Waals surface area contributed by atoms with Crippen LogP contribution in [0.15, 0.2) is 33.0 Å². The molecule has 0 fully saturated rings. The van der Waals surface area contributed by atoms with Gasteiger partial charge in [0.2, 0.25) is 0 Å². The molecule has 0 aliphatic rings. The maximum atomic E-state index is 11.6. The molecule has 10 heteroatoms. The summed E-state index contributed by atoms with van der Waals surface area (Å²) in [7, 11) is -7.18. The lowest BCUT2D eigenvalue weighted by atomic mass is 10.3. The van der Waals surface area contributed by atoms with Gasteiger partial charge in [-0.15, -0.1) is 0 Å². The molecule has 0 saturated heterocycles. The van der Waals surface area contributed by atoms with Crippen molar-refractivity contribution in [2.75, 3.05) is 18.8 Å². The first-order valence-electron chi connectivity index (χ1n) is 5.41. The quantitative estimate of drug-likeness (QED) is 0.374. The SMILES string of the molecule is CSC(=Nc1cc(S(C)(=O)=O)cc(S(C)(=O)=O)c1)NC#N. The predicted octanol–water partition coefficient (Wildman–Crippen LogP) is 0.915. The van der Waals surface area contributed by atoms with E-state index in [2.05, 4.69) is 10.3 Å². The minimum absolute atomic E-state index is 0.130. The highest BCUT2D eigenvalue weighted by Crippen LogP contribution is 2.25. The third-order valence-corrected chi connectivity index (χ3v) is 5.07. The highest BCUT2D eigenvalue weighted by Gasteiger charge is 2.15. The summed E-state index contributed by atoms with van der Waals surface area (Å²) in [6.45, 7) is 0. The van der Waals surface area contributed by atoms with Crippen molar-refractivity contribution in [3.05, 3.63) is 18.2 Å². The Morgan fingerprint density at radius 3 is 1.95 bits per heavy atom. The van der Waals surface area contributed by atoms with E-state index in [1.54, 1.807) is 12.4 Å². The van der Waals surface area contributed by atoms with Gasteiger partial charge in [0.15, 0.2) is 31.0 Å². The van der Waals surface area contributed by atoms with Gasteiger partial charge in [0.05, 0.1) is 15.5 Å². The maximum Gasteiger partial charge on any atom is 0.183 e. The molecule has 1 N–H and O–H groups in total. The van der Waals surface area contributed by atoms with Crippen LogP contribution in [-0.2, 0) is 19.7 Å². The summed E-state index contributed by atoms with van der Waals surface area (Å²) in [5, 5.41) is 11.1. The molecule has 0 heterocycles. The van der Waals surface area contributed by atoms with Gasteiger partial charge in [-0.1, -0.05) is 11.8 Å². The molecule has 0 bridgehead atoms. The molecule has 0 aliphatic heterocycles. The summed E-state index contributed by atoms with van der Waals surface area (Å²) in [6.07, 6.45) is 5.31. The van der Waals surface area contributed by atoms with Crippen molar-refractivity contribution in [2.45, 2.75) is 9.79 Å². The molecule has 0 radical (unpaired) electrons. The van der Waals surface area contributed by atoms with Crippen molar-refractivity contribution in [1.82, 2.24) is 5.32 Å². The fourth-order valence-corrected chi connectivity index (χ4v) is 3.11. The minimum atomic E-state index is -3.59. The smallest absolute Gasteiger partial charge is 0.183 e. The van der Waals surface area contributed by atoms with Crippen LogP contribution in [0.4, 0.5) is 5.69 Å². The van der Waals surface area contributed by atoms with E-state index in [-0.39, 0.29) is 20.6 Å². The van der Waals surface area contributed by atoms with Gasteiger partial charge in [0.25, 0.3) is 0 Å². The number of aliphatic imine (C=N–C) groups is 1. The van der Waals surface area contributed by atoms with E-state index in [1.165, 1.54) is 12.1 Å². The zero-order valence-electron chi connectivity index (χ0n) is 11.5. The molecule has 114 valence electrons. The van der Waals surface area contributed by atoms with Crippen LogP contribution in [0.5, 0.6) is 0 Å². The molecule has 21 heavy (non-hydrogen) atoms. The van der Waals surface area contributed by atoms with Gasteiger partial charge < -0.3 is 0 Å². The number of nitriles is 1. The van der Waals surface area contributed by atoms with E-state index in [4.69, 9.17) is 5.26 Å². The van der Waals surface area contributed by atoms with Crippen molar-refractivity contribution >= 4 is 42.3 Å². The van der Waals surface area contributed by atoms with Gasteiger partial charge in [-0.05, 0) is 24.5 Å². The van der Waals surface area contributed by atoms with Gasteiger partial charge in [-0.25, -0.2) is 21.8 Å². The average Bonchev–Trinajstić information content (AvgIpc) is 2.35. The van der Waals surface area contributed by atoms with Gasteiger partial charge >= 0.3 is 0 Å². The third-order valence-electron chi connectivity index (χ3n) is 2.31. The lowest BCUT2D eigenvalue weighted by Gasteiger charge is -2.06. The Labute approximate surface area is 127 Å². The van der Waals surface area contributed by atoms with E-state index in [0.29, 0.717) is 0 Å². The summed E-state index contributed by atoms with van der Waals surface area (Å²) in [5.41, 5.74) is 0.130. The van der Waals surface area contributed by atoms with Gasteiger partial charge in [-0.2, -0.15) is 5.26 Å². The molecule has 1 rings (SSSR count). The Morgan fingerprint density at radius 1 is 1.14 bits per heavy atom. The highest BCUT2D eigenvalue weighted by molar-refractivity contribution is 8.13. The number of amidine groups is 1. The zero-order chi connectivity index (χ0) is 16.3. The Morgan fingerprint density at radius 2 is 1.62 bits per heavy atom. The summed E-state index contributed by atoms with van der Waals surface area (Å²) >= 11 is 1.13. The summed E-state index contributed by atoms with van der Waals surface area (Å²) in [6, 6.07) is 3.58.